The molecule has 25 heavy (non-hydrogen) atoms. The van der Waals surface area contributed by atoms with E-state index in [9.17, 15) is 4.79 Å². The average Bonchev–Trinajstić information content (AvgIpc) is 3.42. The van der Waals surface area contributed by atoms with Gasteiger partial charge >= 0.3 is 0 Å². The zero-order chi connectivity index (χ0) is 17.1. The third-order valence-electron chi connectivity index (χ3n) is 5.18. The van der Waals surface area contributed by atoms with Crippen LogP contribution in [0, 0.1) is 5.92 Å². The Balaban J connectivity index is 1.52. The van der Waals surface area contributed by atoms with Gasteiger partial charge in [-0.15, -0.1) is 0 Å². The second kappa shape index (κ2) is 7.36. The van der Waals surface area contributed by atoms with Gasteiger partial charge in [0, 0.05) is 25.5 Å². The van der Waals surface area contributed by atoms with Crippen molar-refractivity contribution in [3.63, 3.8) is 0 Å². The number of nitrogens with zero attached hydrogens (tertiary/aromatic N) is 2. The summed E-state index contributed by atoms with van der Waals surface area (Å²) in [5.74, 6) is 0.798. The third kappa shape index (κ3) is 3.90. The summed E-state index contributed by atoms with van der Waals surface area (Å²) in [5, 5.41) is 0. The molecule has 2 aliphatic rings. The molecule has 1 aromatic heterocycles. The zero-order valence-corrected chi connectivity index (χ0v) is 14.4. The summed E-state index contributed by atoms with van der Waals surface area (Å²) >= 11 is 0. The summed E-state index contributed by atoms with van der Waals surface area (Å²) in [6.45, 7) is 1.59. The fourth-order valence-electron chi connectivity index (χ4n) is 3.57. The summed E-state index contributed by atoms with van der Waals surface area (Å²) in [6, 6.07) is 14.1. The highest BCUT2D eigenvalue weighted by atomic mass is 16.5. The maximum atomic E-state index is 13.0. The Hall–Kier alpha value is -2.20. The molecule has 130 valence electrons. The van der Waals surface area contributed by atoms with Gasteiger partial charge in [-0.2, -0.15) is 0 Å². The Bertz CT molecular complexity index is 700. The van der Waals surface area contributed by atoms with Gasteiger partial charge in [-0.3, -0.25) is 9.78 Å². The van der Waals surface area contributed by atoms with Gasteiger partial charge in [-0.25, -0.2) is 0 Å². The van der Waals surface area contributed by atoms with Crippen LogP contribution >= 0.6 is 0 Å². The molecule has 4 rings (SSSR count). The van der Waals surface area contributed by atoms with Gasteiger partial charge < -0.3 is 9.64 Å². The fraction of sp³-hybridized carbons (Fsp3) is 0.429. The molecule has 0 radical (unpaired) electrons. The molecule has 0 spiro atoms. The van der Waals surface area contributed by atoms with Crippen molar-refractivity contribution in [1.82, 2.24) is 9.88 Å². The number of benzene rings is 1. The van der Waals surface area contributed by atoms with E-state index in [1.807, 2.05) is 23.1 Å². The number of pyridine rings is 1. The molecular weight excluding hydrogens is 312 g/mol. The van der Waals surface area contributed by atoms with E-state index in [4.69, 9.17) is 4.74 Å². The topological polar surface area (TPSA) is 42.4 Å². The van der Waals surface area contributed by atoms with Crippen molar-refractivity contribution < 1.29 is 9.53 Å². The molecule has 0 N–H and O–H groups in total. The highest BCUT2D eigenvalue weighted by molar-refractivity contribution is 5.94. The normalized spacial score (nSPS) is 23.0. The van der Waals surface area contributed by atoms with Crippen LogP contribution in [0.5, 0.6) is 0 Å². The second-order valence-corrected chi connectivity index (χ2v) is 7.10. The molecule has 1 aliphatic carbocycles. The Labute approximate surface area is 148 Å². The lowest BCUT2D eigenvalue weighted by Crippen LogP contribution is -2.42. The van der Waals surface area contributed by atoms with E-state index in [2.05, 4.69) is 29.2 Å². The summed E-state index contributed by atoms with van der Waals surface area (Å²) in [5.41, 5.74) is 1.90. The van der Waals surface area contributed by atoms with Crippen LogP contribution in [-0.4, -0.2) is 41.1 Å². The smallest absolute Gasteiger partial charge is 0.255 e. The number of carbonyl (C=O) groups excluding carboxylic acids is 1. The minimum absolute atomic E-state index is 0.0616. The number of rotatable bonds is 6. The first kappa shape index (κ1) is 16.3. The second-order valence-electron chi connectivity index (χ2n) is 7.10. The molecule has 1 saturated carbocycles. The van der Waals surface area contributed by atoms with Gasteiger partial charge in [0.15, 0.2) is 0 Å². The number of aromatic nitrogens is 1. The first-order chi connectivity index (χ1) is 12.3. The summed E-state index contributed by atoms with van der Waals surface area (Å²) in [7, 11) is 0. The molecule has 2 fully saturated rings. The molecule has 4 heteroatoms. The van der Waals surface area contributed by atoms with Gasteiger partial charge in [-0.1, -0.05) is 30.3 Å². The first-order valence-corrected chi connectivity index (χ1v) is 9.18. The van der Waals surface area contributed by atoms with Crippen molar-refractivity contribution in [1.29, 1.82) is 0 Å². The maximum absolute atomic E-state index is 13.0. The largest absolute Gasteiger partial charge is 0.376 e. The minimum atomic E-state index is 0.0616. The predicted octanol–water partition coefficient (Wildman–Crippen LogP) is 3.33. The molecule has 0 bridgehead atoms. The lowest BCUT2D eigenvalue weighted by molar-refractivity contribution is 0.0200. The van der Waals surface area contributed by atoms with Crippen molar-refractivity contribution in [3.05, 3.63) is 66.0 Å². The van der Waals surface area contributed by atoms with Gasteiger partial charge in [0.2, 0.25) is 0 Å². The van der Waals surface area contributed by atoms with Crippen molar-refractivity contribution in [2.45, 2.75) is 37.8 Å². The lowest BCUT2D eigenvalue weighted by atomic mass is 10.0. The number of hydrogen-bond donors (Lipinski definition) is 0. The Morgan fingerprint density at radius 1 is 1.12 bits per heavy atom. The van der Waals surface area contributed by atoms with Crippen LogP contribution in [-0.2, 0) is 11.2 Å². The average molecular weight is 336 g/mol. The first-order valence-electron chi connectivity index (χ1n) is 9.18. The molecule has 1 aromatic carbocycles. The monoisotopic (exact) mass is 336 g/mol. The van der Waals surface area contributed by atoms with E-state index >= 15 is 0 Å². The fourth-order valence-corrected chi connectivity index (χ4v) is 3.57. The van der Waals surface area contributed by atoms with Crippen LogP contribution in [0.3, 0.4) is 0 Å². The van der Waals surface area contributed by atoms with E-state index < -0.39 is 0 Å². The molecule has 2 aromatic rings. The summed E-state index contributed by atoms with van der Waals surface area (Å²) in [6.07, 6.45) is 7.80. The number of ether oxygens (including phenoxy) is 1. The van der Waals surface area contributed by atoms with E-state index in [0.717, 1.165) is 31.9 Å². The van der Waals surface area contributed by atoms with Gasteiger partial charge in [0.1, 0.15) is 0 Å². The van der Waals surface area contributed by atoms with Crippen LogP contribution in [0.15, 0.2) is 54.9 Å². The molecule has 4 nitrogen and oxygen atoms in total. The van der Waals surface area contributed by atoms with Crippen LogP contribution in [0.25, 0.3) is 0 Å². The van der Waals surface area contributed by atoms with Crippen LogP contribution < -0.4 is 0 Å². The molecule has 2 atom stereocenters. The molecule has 1 amide bonds. The number of amides is 1. The van der Waals surface area contributed by atoms with Crippen molar-refractivity contribution in [2.24, 2.45) is 5.92 Å². The molecule has 1 saturated heterocycles. The lowest BCUT2D eigenvalue weighted by Gasteiger charge is -2.28. The minimum Gasteiger partial charge on any atom is -0.376 e. The van der Waals surface area contributed by atoms with Gasteiger partial charge in [0.25, 0.3) is 5.91 Å². The number of hydrogen-bond acceptors (Lipinski definition) is 3. The molecule has 0 unspecified atom stereocenters. The third-order valence-corrected chi connectivity index (χ3v) is 5.18. The summed E-state index contributed by atoms with van der Waals surface area (Å²) in [4.78, 5) is 19.1. The Kier molecular flexibility index (Phi) is 4.79. The number of carbonyl (C=O) groups is 1. The van der Waals surface area contributed by atoms with E-state index in [1.54, 1.807) is 12.4 Å². The van der Waals surface area contributed by atoms with E-state index in [0.29, 0.717) is 5.56 Å². The summed E-state index contributed by atoms with van der Waals surface area (Å²) < 4.78 is 6.22. The standard InChI is InChI=1S/C21H24N2O2/c24-21(18-7-4-11-22-14-18)23-12-10-20(25-15-17-8-9-17)19(23)13-16-5-2-1-3-6-16/h1-7,11,14,17,19-20H,8-10,12-13,15H2/t19-,20+/m0/s1. The van der Waals surface area contributed by atoms with Crippen molar-refractivity contribution in [3.8, 4) is 0 Å². The van der Waals surface area contributed by atoms with Crippen molar-refractivity contribution in [2.75, 3.05) is 13.2 Å². The maximum Gasteiger partial charge on any atom is 0.255 e. The quantitative estimate of drug-likeness (QED) is 0.812. The molecule has 2 heterocycles. The van der Waals surface area contributed by atoms with Crippen molar-refractivity contribution >= 4 is 5.91 Å². The number of likely N-dealkylation sites (tertiary alicyclic amines) is 1. The van der Waals surface area contributed by atoms with Gasteiger partial charge in [-0.05, 0) is 49.3 Å². The highest BCUT2D eigenvalue weighted by Gasteiger charge is 2.39. The van der Waals surface area contributed by atoms with Crippen LogP contribution in [0.4, 0.5) is 0 Å². The van der Waals surface area contributed by atoms with E-state index in [-0.39, 0.29) is 18.1 Å². The highest BCUT2D eigenvalue weighted by Crippen LogP contribution is 2.32. The molecular formula is C21H24N2O2. The van der Waals surface area contributed by atoms with Crippen LogP contribution in [0.2, 0.25) is 0 Å². The zero-order valence-electron chi connectivity index (χ0n) is 14.4. The predicted molar refractivity (Wildman–Crippen MR) is 96.3 cm³/mol. The Morgan fingerprint density at radius 2 is 1.96 bits per heavy atom. The molecule has 1 aliphatic heterocycles. The SMILES string of the molecule is O=C(c1cccnc1)N1CC[C@@H](OCC2CC2)[C@@H]1Cc1ccccc1. The Morgan fingerprint density at radius 3 is 2.68 bits per heavy atom. The van der Waals surface area contributed by atoms with E-state index in [1.165, 1.54) is 18.4 Å². The van der Waals surface area contributed by atoms with Crippen LogP contribution in [0.1, 0.15) is 35.2 Å². The van der Waals surface area contributed by atoms with Gasteiger partial charge in [0.05, 0.1) is 17.7 Å².